The molecule has 0 amide bonds. The summed E-state index contributed by atoms with van der Waals surface area (Å²) in [7, 11) is 1.78. The van der Waals surface area contributed by atoms with E-state index in [9.17, 15) is 9.59 Å². The first-order valence-corrected chi connectivity index (χ1v) is 5.74. The predicted octanol–water partition coefficient (Wildman–Crippen LogP) is 1.24. The number of hydrogen-bond donors (Lipinski definition) is 1. The van der Waals surface area contributed by atoms with Gasteiger partial charge in [-0.2, -0.15) is 0 Å². The zero-order chi connectivity index (χ0) is 12.1. The van der Waals surface area contributed by atoms with E-state index in [0.717, 1.165) is 0 Å². The molecule has 0 unspecified atom stereocenters. The fraction of sp³-hybridized carbons (Fsp3) is 0.500. The molecule has 0 spiro atoms. The van der Waals surface area contributed by atoms with Crippen molar-refractivity contribution in [3.05, 3.63) is 15.6 Å². The van der Waals surface area contributed by atoms with Crippen molar-refractivity contribution in [2.24, 2.45) is 0 Å². The van der Waals surface area contributed by atoms with Crippen LogP contribution in [-0.4, -0.2) is 30.4 Å². The average Bonchev–Trinajstić information content (AvgIpc) is 2.63. The molecule has 0 aliphatic carbocycles. The van der Waals surface area contributed by atoms with E-state index in [1.54, 1.807) is 14.0 Å². The van der Waals surface area contributed by atoms with Gasteiger partial charge in [-0.15, -0.1) is 11.3 Å². The standard InChI is InChI=1S/C10H14N2O3S/c1-4-15-10(14)8-9(6(2)13)16-7(12-8)5-11-3/h11H,4-5H2,1-3H3. The van der Waals surface area contributed by atoms with Crippen molar-refractivity contribution in [2.75, 3.05) is 13.7 Å². The molecule has 1 aromatic heterocycles. The maximum Gasteiger partial charge on any atom is 0.358 e. The molecular weight excluding hydrogens is 228 g/mol. The van der Waals surface area contributed by atoms with Gasteiger partial charge in [-0.1, -0.05) is 0 Å². The lowest BCUT2D eigenvalue weighted by molar-refractivity contribution is 0.0517. The molecule has 1 aromatic rings. The molecule has 1 heterocycles. The number of Topliss-reactive ketones (excluding diaryl/α,β-unsaturated/α-hetero) is 1. The van der Waals surface area contributed by atoms with Gasteiger partial charge >= 0.3 is 5.97 Å². The molecular formula is C10H14N2O3S. The summed E-state index contributed by atoms with van der Waals surface area (Å²) in [6.45, 7) is 3.94. The summed E-state index contributed by atoms with van der Waals surface area (Å²) in [5.74, 6) is -0.700. The Kier molecular flexibility index (Phi) is 4.57. The number of nitrogens with zero attached hydrogens (tertiary/aromatic N) is 1. The molecule has 16 heavy (non-hydrogen) atoms. The van der Waals surface area contributed by atoms with Crippen molar-refractivity contribution in [3.63, 3.8) is 0 Å². The van der Waals surface area contributed by atoms with Gasteiger partial charge in [0.15, 0.2) is 11.5 Å². The number of hydrogen-bond acceptors (Lipinski definition) is 6. The first kappa shape index (κ1) is 12.8. The molecule has 0 fully saturated rings. The maximum atomic E-state index is 11.5. The second kappa shape index (κ2) is 5.72. The monoisotopic (exact) mass is 242 g/mol. The molecule has 88 valence electrons. The Labute approximate surface area is 97.8 Å². The number of ketones is 1. The van der Waals surface area contributed by atoms with Gasteiger partial charge < -0.3 is 10.1 Å². The van der Waals surface area contributed by atoms with Crippen molar-refractivity contribution >= 4 is 23.1 Å². The fourth-order valence-electron chi connectivity index (χ4n) is 1.17. The molecule has 1 rings (SSSR count). The topological polar surface area (TPSA) is 68.3 Å². The molecule has 0 aliphatic heterocycles. The smallest absolute Gasteiger partial charge is 0.358 e. The van der Waals surface area contributed by atoms with E-state index in [4.69, 9.17) is 4.74 Å². The number of carbonyl (C=O) groups is 2. The number of esters is 1. The van der Waals surface area contributed by atoms with Crippen LogP contribution in [-0.2, 0) is 11.3 Å². The summed E-state index contributed by atoms with van der Waals surface area (Å²) in [6.07, 6.45) is 0. The van der Waals surface area contributed by atoms with Gasteiger partial charge in [0.2, 0.25) is 0 Å². The van der Waals surface area contributed by atoms with Gasteiger partial charge in [0, 0.05) is 13.5 Å². The molecule has 0 aromatic carbocycles. The number of ether oxygens (including phenoxy) is 1. The van der Waals surface area contributed by atoms with E-state index in [-0.39, 0.29) is 18.1 Å². The molecule has 0 bridgehead atoms. The van der Waals surface area contributed by atoms with Crippen LogP contribution < -0.4 is 5.32 Å². The number of thiazole rings is 1. The highest BCUT2D eigenvalue weighted by Gasteiger charge is 2.21. The zero-order valence-electron chi connectivity index (χ0n) is 9.49. The lowest BCUT2D eigenvalue weighted by Gasteiger charge is -1.98. The second-order valence-electron chi connectivity index (χ2n) is 3.09. The Hall–Kier alpha value is -1.27. The quantitative estimate of drug-likeness (QED) is 0.621. The van der Waals surface area contributed by atoms with Crippen LogP contribution in [0.5, 0.6) is 0 Å². The SMILES string of the molecule is CCOC(=O)c1nc(CNC)sc1C(C)=O. The van der Waals surface area contributed by atoms with E-state index in [0.29, 0.717) is 16.4 Å². The molecule has 0 aliphatic rings. The van der Waals surface area contributed by atoms with Crippen molar-refractivity contribution in [3.8, 4) is 0 Å². The first-order chi connectivity index (χ1) is 7.60. The largest absolute Gasteiger partial charge is 0.461 e. The van der Waals surface area contributed by atoms with Gasteiger partial charge in [-0.25, -0.2) is 9.78 Å². The lowest BCUT2D eigenvalue weighted by atomic mass is 10.3. The Morgan fingerprint density at radius 1 is 1.50 bits per heavy atom. The number of aromatic nitrogens is 1. The molecule has 0 radical (unpaired) electrons. The summed E-state index contributed by atoms with van der Waals surface area (Å²) in [5, 5.41) is 3.62. The highest BCUT2D eigenvalue weighted by molar-refractivity contribution is 7.14. The zero-order valence-corrected chi connectivity index (χ0v) is 10.3. The minimum absolute atomic E-state index is 0.129. The highest BCUT2D eigenvalue weighted by Crippen LogP contribution is 2.20. The van der Waals surface area contributed by atoms with Crippen molar-refractivity contribution in [1.29, 1.82) is 0 Å². The molecule has 6 heteroatoms. The highest BCUT2D eigenvalue weighted by atomic mass is 32.1. The van der Waals surface area contributed by atoms with Crippen LogP contribution in [0.1, 0.15) is 39.0 Å². The van der Waals surface area contributed by atoms with E-state index in [1.807, 2.05) is 0 Å². The van der Waals surface area contributed by atoms with Gasteiger partial charge in [0.1, 0.15) is 9.88 Å². The van der Waals surface area contributed by atoms with Crippen LogP contribution in [0.25, 0.3) is 0 Å². The van der Waals surface area contributed by atoms with Gasteiger partial charge in [0.05, 0.1) is 6.61 Å². The number of rotatable bonds is 5. The average molecular weight is 242 g/mol. The molecule has 0 atom stereocenters. The molecule has 1 N–H and O–H groups in total. The summed E-state index contributed by atoms with van der Waals surface area (Å²) in [4.78, 5) is 27.3. The third-order valence-electron chi connectivity index (χ3n) is 1.79. The third kappa shape index (κ3) is 2.86. The Balaban J connectivity index is 3.04. The van der Waals surface area contributed by atoms with Crippen LogP contribution in [0.2, 0.25) is 0 Å². The van der Waals surface area contributed by atoms with Crippen LogP contribution >= 0.6 is 11.3 Å². The summed E-state index contributed by atoms with van der Waals surface area (Å²) in [6, 6.07) is 0. The normalized spacial score (nSPS) is 10.2. The molecule has 0 saturated carbocycles. The number of nitrogens with one attached hydrogen (secondary N) is 1. The summed E-state index contributed by atoms with van der Waals surface area (Å²) < 4.78 is 4.84. The number of carbonyl (C=O) groups excluding carboxylic acids is 2. The van der Waals surface area contributed by atoms with Gasteiger partial charge in [-0.05, 0) is 14.0 Å². The van der Waals surface area contributed by atoms with Crippen LogP contribution in [0.15, 0.2) is 0 Å². The molecule has 0 saturated heterocycles. The van der Waals surface area contributed by atoms with Crippen molar-refractivity contribution in [2.45, 2.75) is 20.4 Å². The minimum atomic E-state index is -0.536. The van der Waals surface area contributed by atoms with E-state index in [1.165, 1.54) is 18.3 Å². The van der Waals surface area contributed by atoms with E-state index >= 15 is 0 Å². The Morgan fingerprint density at radius 3 is 2.69 bits per heavy atom. The molecule has 5 nitrogen and oxygen atoms in total. The Morgan fingerprint density at radius 2 is 2.19 bits per heavy atom. The van der Waals surface area contributed by atoms with Gasteiger partial charge in [0.25, 0.3) is 0 Å². The van der Waals surface area contributed by atoms with Crippen molar-refractivity contribution in [1.82, 2.24) is 10.3 Å². The van der Waals surface area contributed by atoms with Crippen LogP contribution in [0.4, 0.5) is 0 Å². The fourth-order valence-corrected chi connectivity index (χ4v) is 2.13. The lowest BCUT2D eigenvalue weighted by Crippen LogP contribution is -2.10. The minimum Gasteiger partial charge on any atom is -0.461 e. The maximum absolute atomic E-state index is 11.5. The second-order valence-corrected chi connectivity index (χ2v) is 4.18. The first-order valence-electron chi connectivity index (χ1n) is 4.92. The predicted molar refractivity (Wildman–Crippen MR) is 60.8 cm³/mol. The van der Waals surface area contributed by atoms with Crippen LogP contribution in [0, 0.1) is 0 Å². The summed E-state index contributed by atoms with van der Waals surface area (Å²) >= 11 is 1.22. The van der Waals surface area contributed by atoms with Gasteiger partial charge in [-0.3, -0.25) is 4.79 Å². The van der Waals surface area contributed by atoms with E-state index in [2.05, 4.69) is 10.3 Å². The Bertz CT molecular complexity index is 401. The summed E-state index contributed by atoms with van der Waals surface area (Å²) in [5.41, 5.74) is 0.129. The van der Waals surface area contributed by atoms with Crippen molar-refractivity contribution < 1.29 is 14.3 Å². The van der Waals surface area contributed by atoms with Crippen LogP contribution in [0.3, 0.4) is 0 Å². The third-order valence-corrected chi connectivity index (χ3v) is 2.94. The van der Waals surface area contributed by atoms with E-state index < -0.39 is 5.97 Å².